The van der Waals surface area contributed by atoms with Crippen molar-refractivity contribution in [3.8, 4) is 0 Å². The molecule has 0 radical (unpaired) electrons. The molecule has 5 nitrogen and oxygen atoms in total. The Hall–Kier alpha value is -1.10. The van der Waals surface area contributed by atoms with Crippen molar-refractivity contribution < 1.29 is 24.9 Å². The van der Waals surface area contributed by atoms with Gasteiger partial charge in [-0.05, 0) is 6.92 Å². The fourth-order valence-electron chi connectivity index (χ4n) is 0.253. The van der Waals surface area contributed by atoms with Gasteiger partial charge in [0, 0.05) is 6.92 Å². The molecule has 0 aliphatic carbocycles. The first-order chi connectivity index (χ1) is 4.86. The van der Waals surface area contributed by atoms with Gasteiger partial charge < -0.3 is 15.3 Å². The van der Waals surface area contributed by atoms with Crippen LogP contribution in [0.5, 0.6) is 0 Å². The summed E-state index contributed by atoms with van der Waals surface area (Å²) in [5.74, 6) is -1.80. The van der Waals surface area contributed by atoms with Crippen LogP contribution in [0.2, 0.25) is 0 Å². The normalized spacial score (nSPS) is 10.8. The lowest BCUT2D eigenvalue weighted by Gasteiger charge is -1.94. The van der Waals surface area contributed by atoms with Crippen LogP contribution in [0.3, 0.4) is 0 Å². The maximum Gasteiger partial charge on any atom is 0.305 e. The first kappa shape index (κ1) is 12.6. The number of hydrogen-bond donors (Lipinski definition) is 3. The zero-order valence-corrected chi connectivity index (χ0v) is 6.44. The van der Waals surface area contributed by atoms with Crippen LogP contribution in [0.1, 0.15) is 20.3 Å². The lowest BCUT2D eigenvalue weighted by Crippen LogP contribution is -2.07. The highest BCUT2D eigenvalue weighted by Crippen LogP contribution is 1.85. The third-order valence-corrected chi connectivity index (χ3v) is 0.470. The zero-order valence-electron chi connectivity index (χ0n) is 6.44. The summed E-state index contributed by atoms with van der Waals surface area (Å²) in [7, 11) is 0. The van der Waals surface area contributed by atoms with E-state index in [1.807, 2.05) is 0 Å². The van der Waals surface area contributed by atoms with Gasteiger partial charge in [-0.25, -0.2) is 0 Å². The van der Waals surface area contributed by atoms with Gasteiger partial charge in [0.05, 0.1) is 12.5 Å². The van der Waals surface area contributed by atoms with Gasteiger partial charge in [-0.1, -0.05) is 0 Å². The van der Waals surface area contributed by atoms with E-state index in [0.717, 1.165) is 6.92 Å². The molecule has 11 heavy (non-hydrogen) atoms. The topological polar surface area (TPSA) is 94.8 Å². The molecule has 0 heterocycles. The summed E-state index contributed by atoms with van der Waals surface area (Å²) >= 11 is 0. The van der Waals surface area contributed by atoms with E-state index in [-0.39, 0.29) is 6.42 Å². The number of rotatable bonds is 2. The lowest BCUT2D eigenvalue weighted by molar-refractivity contribution is -0.139. The summed E-state index contributed by atoms with van der Waals surface area (Å²) in [6, 6.07) is 0. The number of carboxylic acids is 2. The van der Waals surface area contributed by atoms with Crippen molar-refractivity contribution >= 4 is 11.9 Å². The molecule has 0 spiro atoms. The minimum Gasteiger partial charge on any atom is -0.481 e. The second kappa shape index (κ2) is 7.01. The van der Waals surface area contributed by atoms with E-state index in [2.05, 4.69) is 0 Å². The zero-order chi connectivity index (χ0) is 9.44. The van der Waals surface area contributed by atoms with Crippen LogP contribution in [-0.4, -0.2) is 33.4 Å². The molecule has 5 heteroatoms. The summed E-state index contributed by atoms with van der Waals surface area (Å²) < 4.78 is 0. The predicted molar refractivity (Wildman–Crippen MR) is 37.2 cm³/mol. The molecule has 0 aromatic heterocycles. The minimum absolute atomic E-state index is 0.167. The predicted octanol–water partition coefficient (Wildman–Crippen LogP) is -0.0672. The monoisotopic (exact) mass is 164 g/mol. The molecular weight excluding hydrogens is 152 g/mol. The second-order valence-electron chi connectivity index (χ2n) is 1.97. The van der Waals surface area contributed by atoms with E-state index >= 15 is 0 Å². The van der Waals surface area contributed by atoms with Crippen molar-refractivity contribution in [3.63, 3.8) is 0 Å². The maximum absolute atomic E-state index is 9.65. The highest BCUT2D eigenvalue weighted by atomic mass is 16.4. The number of carboxylic acid groups (broad SMARTS) is 2. The number of aliphatic hydroxyl groups excluding tert-OH is 1. The van der Waals surface area contributed by atoms with Crippen molar-refractivity contribution in [1.29, 1.82) is 0 Å². The van der Waals surface area contributed by atoms with Crippen molar-refractivity contribution in [2.75, 3.05) is 0 Å². The fourth-order valence-corrected chi connectivity index (χ4v) is 0.253. The number of aliphatic hydroxyl groups is 1. The Morgan fingerprint density at radius 2 is 1.64 bits per heavy atom. The Morgan fingerprint density at radius 3 is 1.64 bits per heavy atom. The molecule has 0 rings (SSSR count). The quantitative estimate of drug-likeness (QED) is 0.531. The van der Waals surface area contributed by atoms with Gasteiger partial charge in [0.25, 0.3) is 5.97 Å². The molecule has 0 aliphatic heterocycles. The highest BCUT2D eigenvalue weighted by Gasteiger charge is 2.00. The molecule has 0 aliphatic rings. The van der Waals surface area contributed by atoms with E-state index in [0.29, 0.717) is 0 Å². The SMILES string of the molecule is CC(=O)O.CC(O)CC(=O)O. The summed E-state index contributed by atoms with van der Waals surface area (Å²) in [6.45, 7) is 2.52. The van der Waals surface area contributed by atoms with Crippen molar-refractivity contribution in [1.82, 2.24) is 0 Å². The standard InChI is InChI=1S/C4H8O3.C2H4O2/c1-3(5)2-4(6)7;1-2(3)4/h3,5H,2H2,1H3,(H,6,7);1H3,(H,3,4). The highest BCUT2D eigenvalue weighted by molar-refractivity contribution is 5.67. The number of hydrogen-bond acceptors (Lipinski definition) is 3. The number of carbonyl (C=O) groups is 2. The maximum atomic E-state index is 9.65. The largest absolute Gasteiger partial charge is 0.481 e. The Morgan fingerprint density at radius 1 is 1.36 bits per heavy atom. The van der Waals surface area contributed by atoms with Crippen LogP contribution in [0.25, 0.3) is 0 Å². The average molecular weight is 164 g/mol. The van der Waals surface area contributed by atoms with E-state index in [4.69, 9.17) is 20.1 Å². The molecule has 0 fully saturated rings. The molecule has 0 saturated heterocycles. The third kappa shape index (κ3) is 50.4. The van der Waals surface area contributed by atoms with E-state index < -0.39 is 18.0 Å². The molecule has 0 aromatic rings. The molecule has 3 N–H and O–H groups in total. The summed E-state index contributed by atoms with van der Waals surface area (Å²) in [5, 5.41) is 23.7. The van der Waals surface area contributed by atoms with Gasteiger partial charge in [0.2, 0.25) is 0 Å². The van der Waals surface area contributed by atoms with Gasteiger partial charge in [-0.3, -0.25) is 9.59 Å². The second-order valence-corrected chi connectivity index (χ2v) is 1.97. The van der Waals surface area contributed by atoms with Gasteiger partial charge in [-0.15, -0.1) is 0 Å². The third-order valence-electron chi connectivity index (χ3n) is 0.470. The summed E-state index contributed by atoms with van der Waals surface area (Å²) in [5.41, 5.74) is 0. The van der Waals surface area contributed by atoms with Crippen molar-refractivity contribution in [3.05, 3.63) is 0 Å². The van der Waals surface area contributed by atoms with Crippen LogP contribution in [0.4, 0.5) is 0 Å². The van der Waals surface area contributed by atoms with Crippen LogP contribution >= 0.6 is 0 Å². The Labute approximate surface area is 64.3 Å². The van der Waals surface area contributed by atoms with Crippen LogP contribution in [-0.2, 0) is 9.59 Å². The first-order valence-electron chi connectivity index (χ1n) is 2.95. The van der Waals surface area contributed by atoms with Crippen LogP contribution in [0, 0.1) is 0 Å². The van der Waals surface area contributed by atoms with Crippen LogP contribution in [0.15, 0.2) is 0 Å². The molecule has 0 aromatic carbocycles. The molecule has 1 atom stereocenters. The Balaban J connectivity index is 0. The summed E-state index contributed by atoms with van der Waals surface area (Å²) in [4.78, 5) is 18.6. The molecular formula is C6H12O5. The first-order valence-corrected chi connectivity index (χ1v) is 2.95. The Kier molecular flexibility index (Phi) is 8.01. The molecule has 66 valence electrons. The molecule has 0 saturated carbocycles. The van der Waals surface area contributed by atoms with Gasteiger partial charge in [0.1, 0.15) is 0 Å². The van der Waals surface area contributed by atoms with Crippen LogP contribution < -0.4 is 0 Å². The summed E-state index contributed by atoms with van der Waals surface area (Å²) in [6.07, 6.45) is -0.891. The molecule has 0 bridgehead atoms. The van der Waals surface area contributed by atoms with Gasteiger partial charge in [-0.2, -0.15) is 0 Å². The fraction of sp³-hybridized carbons (Fsp3) is 0.667. The lowest BCUT2D eigenvalue weighted by atomic mass is 10.3. The van der Waals surface area contributed by atoms with E-state index in [1.165, 1.54) is 6.92 Å². The molecule has 0 amide bonds. The average Bonchev–Trinajstić information content (AvgIpc) is 1.56. The number of aliphatic carboxylic acids is 2. The van der Waals surface area contributed by atoms with Gasteiger partial charge >= 0.3 is 5.97 Å². The molecule has 1 unspecified atom stereocenters. The minimum atomic E-state index is -0.963. The van der Waals surface area contributed by atoms with Gasteiger partial charge in [0.15, 0.2) is 0 Å². The van der Waals surface area contributed by atoms with Crippen molar-refractivity contribution in [2.24, 2.45) is 0 Å². The smallest absolute Gasteiger partial charge is 0.305 e. The van der Waals surface area contributed by atoms with Crippen molar-refractivity contribution in [2.45, 2.75) is 26.4 Å². The Bertz CT molecular complexity index is 125. The van der Waals surface area contributed by atoms with E-state index in [9.17, 15) is 4.79 Å². The van der Waals surface area contributed by atoms with E-state index in [1.54, 1.807) is 0 Å².